The molecular formula is C30H33Cl2F2N3O5. The Morgan fingerprint density at radius 3 is 2.55 bits per heavy atom. The van der Waals surface area contributed by atoms with Crippen LogP contribution in [0, 0.1) is 28.4 Å². The minimum atomic E-state index is -1.94. The molecule has 0 radical (unpaired) electrons. The van der Waals surface area contributed by atoms with Crippen LogP contribution >= 0.6 is 23.2 Å². The summed E-state index contributed by atoms with van der Waals surface area (Å²) in [4.78, 5) is 26.0. The number of amides is 1. The van der Waals surface area contributed by atoms with Crippen LogP contribution in [0.1, 0.15) is 57.6 Å². The Balaban J connectivity index is 1.82. The molecule has 1 amide bonds. The Morgan fingerprint density at radius 1 is 1.24 bits per heavy atom. The molecular weight excluding hydrogens is 591 g/mol. The van der Waals surface area contributed by atoms with Gasteiger partial charge in [-0.1, -0.05) is 41.4 Å². The fourth-order valence-electron chi connectivity index (χ4n) is 5.91. The number of ether oxygens (including phenoxy) is 2. The predicted octanol–water partition coefficient (Wildman–Crippen LogP) is 5.32. The number of carboxylic acid groups (broad SMARTS) is 1. The van der Waals surface area contributed by atoms with E-state index in [2.05, 4.69) is 16.7 Å². The van der Waals surface area contributed by atoms with Crippen molar-refractivity contribution in [2.75, 3.05) is 13.2 Å². The van der Waals surface area contributed by atoms with Crippen molar-refractivity contribution in [3.63, 3.8) is 0 Å². The number of halogens is 4. The van der Waals surface area contributed by atoms with Gasteiger partial charge in [0.1, 0.15) is 17.0 Å². The topological polar surface area (TPSA) is 121 Å². The molecule has 5 atom stereocenters. The molecule has 4 rings (SSSR count). The van der Waals surface area contributed by atoms with Gasteiger partial charge in [-0.25, -0.2) is 8.78 Å². The van der Waals surface area contributed by atoms with Gasteiger partial charge in [-0.05, 0) is 64.3 Å². The number of benzene rings is 2. The lowest BCUT2D eigenvalue weighted by molar-refractivity contribution is -0.147. The van der Waals surface area contributed by atoms with E-state index in [4.69, 9.17) is 32.7 Å². The first-order valence-corrected chi connectivity index (χ1v) is 14.3. The van der Waals surface area contributed by atoms with E-state index in [1.807, 2.05) is 0 Å². The third kappa shape index (κ3) is 6.12. The van der Waals surface area contributed by atoms with Crippen molar-refractivity contribution in [3.05, 3.63) is 69.2 Å². The number of hydrogen-bond donors (Lipinski definition) is 3. The van der Waals surface area contributed by atoms with E-state index in [1.165, 1.54) is 44.2 Å². The fourth-order valence-corrected chi connectivity index (χ4v) is 6.25. The molecule has 2 aliphatic heterocycles. The second-order valence-electron chi connectivity index (χ2n) is 11.8. The zero-order valence-corrected chi connectivity index (χ0v) is 25.2. The van der Waals surface area contributed by atoms with Crippen LogP contribution < -0.4 is 10.6 Å². The first kappa shape index (κ1) is 32.1. The van der Waals surface area contributed by atoms with Gasteiger partial charge in [-0.3, -0.25) is 9.59 Å². The lowest BCUT2D eigenvalue weighted by Crippen LogP contribution is -2.47. The van der Waals surface area contributed by atoms with Gasteiger partial charge in [0, 0.05) is 29.1 Å². The van der Waals surface area contributed by atoms with Crippen molar-refractivity contribution in [1.82, 2.24) is 10.6 Å². The molecule has 42 heavy (non-hydrogen) atoms. The zero-order chi connectivity index (χ0) is 31.0. The molecule has 2 aliphatic rings. The molecule has 0 aromatic heterocycles. The first-order chi connectivity index (χ1) is 19.6. The Morgan fingerprint density at radius 2 is 1.95 bits per heavy atom. The highest BCUT2D eigenvalue weighted by Crippen LogP contribution is 2.52. The van der Waals surface area contributed by atoms with Crippen LogP contribution in [-0.4, -0.2) is 54.1 Å². The Labute approximate surface area is 253 Å². The lowest BCUT2D eigenvalue weighted by atomic mass is 9.62. The Hall–Kier alpha value is -2.81. The summed E-state index contributed by atoms with van der Waals surface area (Å²) < 4.78 is 42.8. The fraction of sp³-hybridized carbons (Fsp3) is 0.500. The first-order valence-electron chi connectivity index (χ1n) is 13.5. The smallest absolute Gasteiger partial charge is 0.309 e. The van der Waals surface area contributed by atoms with Gasteiger partial charge in [0.05, 0.1) is 35.3 Å². The van der Waals surface area contributed by atoms with Gasteiger partial charge in [0.2, 0.25) is 5.91 Å². The summed E-state index contributed by atoms with van der Waals surface area (Å²) in [7, 11) is 0. The normalized spacial score (nSPS) is 27.0. The monoisotopic (exact) mass is 623 g/mol. The standard InChI is InChI=1S/C30H33Cl2F2N3O5/c1-28(2,27(39)40)13-22-30(15-35,19-9-8-16(31)12-21(19)33)23(18-6-5-7-20(32)24(18)34)25(37-22)26(38)36-11-10-17-14-41-29(3,4)42-17/h5-9,12,17,22-23,25,37H,10-11,13-14H2,1-4H3,(H,36,38)(H,39,40)/t17-,22-,23-,25+,30-/m0/s1. The molecule has 8 nitrogen and oxygen atoms in total. The number of carbonyl (C=O) groups excluding carboxylic acids is 1. The largest absolute Gasteiger partial charge is 0.481 e. The molecule has 2 fully saturated rings. The van der Waals surface area contributed by atoms with Crippen molar-refractivity contribution in [1.29, 1.82) is 5.26 Å². The molecule has 12 heteroatoms. The molecule has 2 heterocycles. The van der Waals surface area contributed by atoms with Gasteiger partial charge in [-0.2, -0.15) is 5.26 Å². The van der Waals surface area contributed by atoms with Crippen molar-refractivity contribution in [3.8, 4) is 6.07 Å². The highest BCUT2D eigenvalue weighted by Gasteiger charge is 2.61. The summed E-state index contributed by atoms with van der Waals surface area (Å²) in [6.07, 6.45) is -0.0330. The summed E-state index contributed by atoms with van der Waals surface area (Å²) in [5.74, 6) is -5.50. The molecule has 0 bridgehead atoms. The molecule has 0 unspecified atom stereocenters. The third-order valence-corrected chi connectivity index (χ3v) is 8.57. The SMILES string of the molecule is CC1(C)OC[C@H](CCNC(=O)[C@@H]2N[C@@H](CC(C)(C)C(=O)O)[C@](C#N)(c3ccc(Cl)cc3F)[C@H]2c2cccc(Cl)c2F)O1. The summed E-state index contributed by atoms with van der Waals surface area (Å²) in [5.41, 5.74) is -3.58. The Bertz CT molecular complexity index is 1420. The van der Waals surface area contributed by atoms with Crippen LogP contribution in [-0.2, 0) is 24.5 Å². The van der Waals surface area contributed by atoms with Crippen molar-refractivity contribution < 1.29 is 33.0 Å². The molecule has 0 aliphatic carbocycles. The highest BCUT2D eigenvalue weighted by atomic mass is 35.5. The van der Waals surface area contributed by atoms with E-state index in [1.54, 1.807) is 13.8 Å². The summed E-state index contributed by atoms with van der Waals surface area (Å²) in [6, 6.07) is 7.75. The van der Waals surface area contributed by atoms with E-state index < -0.39 is 58.1 Å². The Kier molecular flexibility index (Phi) is 9.22. The molecule has 2 saturated heterocycles. The van der Waals surface area contributed by atoms with Crippen molar-refractivity contribution in [2.45, 2.75) is 75.8 Å². The maximum absolute atomic E-state index is 15.7. The van der Waals surface area contributed by atoms with Gasteiger partial charge in [0.15, 0.2) is 5.79 Å². The van der Waals surface area contributed by atoms with Crippen LogP contribution in [0.4, 0.5) is 8.78 Å². The molecule has 3 N–H and O–H groups in total. The number of carbonyl (C=O) groups is 2. The van der Waals surface area contributed by atoms with Crippen LogP contribution in [0.15, 0.2) is 36.4 Å². The van der Waals surface area contributed by atoms with E-state index in [0.717, 1.165) is 6.07 Å². The average molecular weight is 625 g/mol. The van der Waals surface area contributed by atoms with Gasteiger partial charge in [-0.15, -0.1) is 0 Å². The van der Waals surface area contributed by atoms with E-state index in [9.17, 15) is 20.0 Å². The van der Waals surface area contributed by atoms with Crippen LogP contribution in [0.5, 0.6) is 0 Å². The number of carboxylic acids is 1. The quantitative estimate of drug-likeness (QED) is 0.346. The number of hydrogen-bond acceptors (Lipinski definition) is 6. The minimum Gasteiger partial charge on any atom is -0.481 e. The average Bonchev–Trinajstić information content (AvgIpc) is 3.42. The number of rotatable bonds is 9. The molecule has 2 aromatic rings. The van der Waals surface area contributed by atoms with E-state index in [0.29, 0.717) is 13.0 Å². The maximum Gasteiger partial charge on any atom is 0.309 e. The second-order valence-corrected chi connectivity index (χ2v) is 12.7. The summed E-state index contributed by atoms with van der Waals surface area (Å²) in [6.45, 7) is 7.02. The van der Waals surface area contributed by atoms with Crippen LogP contribution in [0.3, 0.4) is 0 Å². The number of nitriles is 1. The molecule has 0 saturated carbocycles. The van der Waals surface area contributed by atoms with Crippen LogP contribution in [0.2, 0.25) is 10.0 Å². The van der Waals surface area contributed by atoms with E-state index in [-0.39, 0.29) is 40.2 Å². The summed E-state index contributed by atoms with van der Waals surface area (Å²) in [5, 5.41) is 26.5. The predicted molar refractivity (Wildman–Crippen MR) is 152 cm³/mol. The molecule has 2 aromatic carbocycles. The second kappa shape index (κ2) is 12.1. The lowest BCUT2D eigenvalue weighted by Gasteiger charge is -2.37. The molecule has 0 spiro atoms. The summed E-state index contributed by atoms with van der Waals surface area (Å²) >= 11 is 12.2. The zero-order valence-electron chi connectivity index (χ0n) is 23.6. The number of aliphatic carboxylic acids is 1. The van der Waals surface area contributed by atoms with Gasteiger partial charge < -0.3 is 25.2 Å². The van der Waals surface area contributed by atoms with Crippen molar-refractivity contribution in [2.24, 2.45) is 5.41 Å². The van der Waals surface area contributed by atoms with Crippen LogP contribution in [0.25, 0.3) is 0 Å². The maximum atomic E-state index is 15.7. The van der Waals surface area contributed by atoms with Crippen molar-refractivity contribution >= 4 is 35.1 Å². The highest BCUT2D eigenvalue weighted by molar-refractivity contribution is 6.31. The minimum absolute atomic E-state index is 0.0683. The third-order valence-electron chi connectivity index (χ3n) is 8.04. The number of nitrogens with zero attached hydrogens (tertiary/aromatic N) is 1. The van der Waals surface area contributed by atoms with Gasteiger partial charge in [0.25, 0.3) is 0 Å². The molecule has 226 valence electrons. The number of nitrogens with one attached hydrogen (secondary N) is 2. The van der Waals surface area contributed by atoms with Gasteiger partial charge >= 0.3 is 5.97 Å². The van der Waals surface area contributed by atoms with E-state index >= 15 is 8.78 Å².